The predicted octanol–water partition coefficient (Wildman–Crippen LogP) is 0.596. The number of carbonyl (C=O) groups excluding carboxylic acids is 4. The highest BCUT2D eigenvalue weighted by Gasteiger charge is 2.50. The van der Waals surface area contributed by atoms with Crippen LogP contribution < -0.4 is 5.32 Å². The van der Waals surface area contributed by atoms with E-state index in [2.05, 4.69) is 5.32 Å². The van der Waals surface area contributed by atoms with Crippen molar-refractivity contribution in [2.24, 2.45) is 5.92 Å². The van der Waals surface area contributed by atoms with Gasteiger partial charge in [-0.15, -0.1) is 11.3 Å². The van der Waals surface area contributed by atoms with Crippen molar-refractivity contribution in [3.05, 3.63) is 22.4 Å². The number of amides is 5. The van der Waals surface area contributed by atoms with Crippen LogP contribution in [0.2, 0.25) is 0 Å². The largest absolute Gasteiger partial charge is 0.339 e. The van der Waals surface area contributed by atoms with E-state index in [1.165, 1.54) is 11.3 Å². The molecule has 1 aliphatic carbocycles. The molecule has 3 heterocycles. The van der Waals surface area contributed by atoms with E-state index in [-0.39, 0.29) is 24.3 Å². The molecular weight excluding hydrogens is 368 g/mol. The molecule has 1 saturated carbocycles. The Morgan fingerprint density at radius 1 is 1.19 bits per heavy atom. The maximum absolute atomic E-state index is 12.8. The number of hydrogen-bond donors (Lipinski definition) is 1. The van der Waals surface area contributed by atoms with Crippen LogP contribution in [0.5, 0.6) is 0 Å². The number of urea groups is 1. The highest BCUT2D eigenvalue weighted by Crippen LogP contribution is 2.32. The van der Waals surface area contributed by atoms with E-state index in [0.717, 1.165) is 22.6 Å². The molecule has 1 aromatic rings. The molecular formula is C18H22N4O4S. The maximum Gasteiger partial charge on any atom is 0.325 e. The molecule has 0 spiro atoms. The number of nitrogens with zero attached hydrogens (tertiary/aromatic N) is 3. The van der Waals surface area contributed by atoms with Crippen molar-refractivity contribution in [3.8, 4) is 0 Å². The molecule has 2 saturated heterocycles. The van der Waals surface area contributed by atoms with Gasteiger partial charge in [0.1, 0.15) is 6.54 Å². The van der Waals surface area contributed by atoms with Crippen molar-refractivity contribution in [2.75, 3.05) is 32.7 Å². The molecule has 1 aromatic heterocycles. The summed E-state index contributed by atoms with van der Waals surface area (Å²) in [6.45, 7) is 3.27. The van der Waals surface area contributed by atoms with Crippen LogP contribution in [-0.4, -0.2) is 71.2 Å². The van der Waals surface area contributed by atoms with Gasteiger partial charge in [-0.2, -0.15) is 0 Å². The Kier molecular flexibility index (Phi) is 4.41. The van der Waals surface area contributed by atoms with Crippen LogP contribution in [0.25, 0.3) is 0 Å². The molecule has 1 N–H and O–H groups in total. The molecule has 0 bridgehead atoms. The fourth-order valence-electron chi connectivity index (χ4n) is 3.57. The summed E-state index contributed by atoms with van der Waals surface area (Å²) in [5.74, 6) is -0.325. The van der Waals surface area contributed by atoms with E-state index in [0.29, 0.717) is 26.2 Å². The first-order valence-electron chi connectivity index (χ1n) is 9.15. The monoisotopic (exact) mass is 390 g/mol. The normalized spacial score (nSPS) is 25.7. The van der Waals surface area contributed by atoms with Gasteiger partial charge in [-0.1, -0.05) is 6.07 Å². The van der Waals surface area contributed by atoms with Gasteiger partial charge in [0, 0.05) is 37.0 Å². The SMILES string of the molecule is CC1(c2cccs2)NC(=O)N(CC(=O)N2CCN(C(=O)C3CC3)CC2)C1=O. The van der Waals surface area contributed by atoms with Gasteiger partial charge in [-0.05, 0) is 31.2 Å². The molecule has 27 heavy (non-hydrogen) atoms. The lowest BCUT2D eigenvalue weighted by molar-refractivity contribution is -0.142. The first-order chi connectivity index (χ1) is 12.9. The van der Waals surface area contributed by atoms with Gasteiger partial charge >= 0.3 is 6.03 Å². The minimum Gasteiger partial charge on any atom is -0.339 e. The second-order valence-corrected chi connectivity index (χ2v) is 8.35. The molecule has 4 rings (SSSR count). The van der Waals surface area contributed by atoms with E-state index in [1.54, 1.807) is 17.9 Å². The zero-order chi connectivity index (χ0) is 19.2. The van der Waals surface area contributed by atoms with E-state index in [9.17, 15) is 19.2 Å². The standard InChI is InChI=1S/C18H22N4O4S/c1-18(13-3-2-10-27-13)16(25)22(17(26)19-18)11-14(23)20-6-8-21(9-7-20)15(24)12-4-5-12/h2-3,10,12H,4-9,11H2,1H3,(H,19,26). The van der Waals surface area contributed by atoms with E-state index < -0.39 is 17.5 Å². The third-order valence-electron chi connectivity index (χ3n) is 5.45. The molecule has 144 valence electrons. The molecule has 0 aromatic carbocycles. The zero-order valence-corrected chi connectivity index (χ0v) is 16.0. The lowest BCUT2D eigenvalue weighted by atomic mass is 10.0. The minimum absolute atomic E-state index is 0.174. The molecule has 1 unspecified atom stereocenters. The summed E-state index contributed by atoms with van der Waals surface area (Å²) in [7, 11) is 0. The lowest BCUT2D eigenvalue weighted by Gasteiger charge is -2.35. The summed E-state index contributed by atoms with van der Waals surface area (Å²) in [6, 6.07) is 3.07. The Bertz CT molecular complexity index is 783. The molecule has 8 nitrogen and oxygen atoms in total. The van der Waals surface area contributed by atoms with Gasteiger partial charge in [0.15, 0.2) is 5.54 Å². The minimum atomic E-state index is -1.12. The van der Waals surface area contributed by atoms with Gasteiger partial charge in [-0.3, -0.25) is 19.3 Å². The summed E-state index contributed by atoms with van der Waals surface area (Å²) in [4.78, 5) is 55.0. The summed E-state index contributed by atoms with van der Waals surface area (Å²) in [5.41, 5.74) is -1.12. The molecule has 5 amide bonds. The lowest BCUT2D eigenvalue weighted by Crippen LogP contribution is -2.53. The molecule has 0 radical (unpaired) electrons. The summed E-state index contributed by atoms with van der Waals surface area (Å²) < 4.78 is 0. The Labute approximate surface area is 161 Å². The van der Waals surface area contributed by atoms with Crippen LogP contribution in [0, 0.1) is 5.92 Å². The van der Waals surface area contributed by atoms with Crippen LogP contribution >= 0.6 is 11.3 Å². The molecule has 3 fully saturated rings. The zero-order valence-electron chi connectivity index (χ0n) is 15.1. The highest BCUT2D eigenvalue weighted by atomic mass is 32.1. The van der Waals surface area contributed by atoms with Gasteiger partial charge in [0.05, 0.1) is 0 Å². The van der Waals surface area contributed by atoms with Crippen molar-refractivity contribution >= 4 is 35.1 Å². The first-order valence-corrected chi connectivity index (χ1v) is 10.0. The van der Waals surface area contributed by atoms with E-state index in [1.807, 2.05) is 16.3 Å². The Hall–Kier alpha value is -2.42. The van der Waals surface area contributed by atoms with Crippen molar-refractivity contribution in [1.29, 1.82) is 0 Å². The second kappa shape index (κ2) is 6.63. The average molecular weight is 390 g/mol. The van der Waals surface area contributed by atoms with Gasteiger partial charge < -0.3 is 15.1 Å². The number of hydrogen-bond acceptors (Lipinski definition) is 5. The van der Waals surface area contributed by atoms with E-state index in [4.69, 9.17) is 0 Å². The van der Waals surface area contributed by atoms with Crippen LogP contribution in [0.3, 0.4) is 0 Å². The Balaban J connectivity index is 1.36. The van der Waals surface area contributed by atoms with Crippen molar-refractivity contribution in [3.63, 3.8) is 0 Å². The fourth-order valence-corrected chi connectivity index (χ4v) is 4.41. The van der Waals surface area contributed by atoms with Crippen molar-refractivity contribution in [1.82, 2.24) is 20.0 Å². The summed E-state index contributed by atoms with van der Waals surface area (Å²) in [5, 5.41) is 4.55. The number of nitrogens with one attached hydrogen (secondary N) is 1. The van der Waals surface area contributed by atoms with Gasteiger partial charge in [0.2, 0.25) is 11.8 Å². The number of rotatable bonds is 4. The number of piperazine rings is 1. The van der Waals surface area contributed by atoms with Crippen LogP contribution in [-0.2, 0) is 19.9 Å². The third-order valence-corrected chi connectivity index (χ3v) is 6.54. The van der Waals surface area contributed by atoms with Crippen LogP contribution in [0.15, 0.2) is 17.5 Å². The molecule has 1 atom stereocenters. The smallest absolute Gasteiger partial charge is 0.325 e. The van der Waals surface area contributed by atoms with Gasteiger partial charge in [0.25, 0.3) is 5.91 Å². The summed E-state index contributed by atoms with van der Waals surface area (Å²) in [6.07, 6.45) is 1.93. The number of carbonyl (C=O) groups is 4. The summed E-state index contributed by atoms with van der Waals surface area (Å²) >= 11 is 1.39. The van der Waals surface area contributed by atoms with Crippen LogP contribution in [0.1, 0.15) is 24.6 Å². The number of thiophene rings is 1. The average Bonchev–Trinajstić information content (AvgIpc) is 3.31. The number of imide groups is 1. The predicted molar refractivity (Wildman–Crippen MR) is 97.8 cm³/mol. The molecule has 3 aliphatic rings. The second-order valence-electron chi connectivity index (χ2n) is 7.40. The third kappa shape index (κ3) is 3.20. The fraction of sp³-hybridized carbons (Fsp3) is 0.556. The molecule has 9 heteroatoms. The van der Waals surface area contributed by atoms with Gasteiger partial charge in [-0.25, -0.2) is 4.79 Å². The van der Waals surface area contributed by atoms with Crippen molar-refractivity contribution < 1.29 is 19.2 Å². The van der Waals surface area contributed by atoms with Crippen LogP contribution in [0.4, 0.5) is 4.79 Å². The van der Waals surface area contributed by atoms with Crippen molar-refractivity contribution in [2.45, 2.75) is 25.3 Å². The molecule has 2 aliphatic heterocycles. The first kappa shape index (κ1) is 18.0. The van der Waals surface area contributed by atoms with E-state index >= 15 is 0 Å². The maximum atomic E-state index is 12.8. The Morgan fingerprint density at radius 3 is 2.44 bits per heavy atom. The highest BCUT2D eigenvalue weighted by molar-refractivity contribution is 7.10. The Morgan fingerprint density at radius 2 is 1.85 bits per heavy atom. The quantitative estimate of drug-likeness (QED) is 0.762. The topological polar surface area (TPSA) is 90.0 Å².